The second-order valence-corrected chi connectivity index (χ2v) is 3.90. The third kappa shape index (κ3) is 4.55. The van der Waals surface area contributed by atoms with Crippen LogP contribution in [0.25, 0.3) is 0 Å². The maximum absolute atomic E-state index is 12.3. The average molecular weight is 282 g/mol. The Hall–Kier alpha value is -1.19. The molecule has 3 heteroatoms. The van der Waals surface area contributed by atoms with Crippen molar-refractivity contribution in [1.82, 2.24) is 0 Å². The first kappa shape index (κ1) is 12.9. The highest BCUT2D eigenvalue weighted by Gasteiger charge is 1.90. The van der Waals surface area contributed by atoms with Gasteiger partial charge < -0.3 is 0 Å². The molecule has 0 saturated heterocycles. The molecule has 0 aliphatic heterocycles. The van der Waals surface area contributed by atoms with E-state index in [-0.39, 0.29) is 12.4 Å². The summed E-state index contributed by atoms with van der Waals surface area (Å²) in [4.78, 5) is 0. The van der Waals surface area contributed by atoms with Crippen LogP contribution >= 0.6 is 15.9 Å². The standard InChI is InChI=1S/C7H7O.C6H4BrF/c8-6-7-4-2-1-3-5-7;7-5-3-1-2-4-6(5)8/h1-5H,6H2;1-4H. The average Bonchev–Trinajstić information content (AvgIpc) is 2.35. The number of rotatable bonds is 1. The van der Waals surface area contributed by atoms with Crippen molar-refractivity contribution in [3.8, 4) is 0 Å². The predicted molar refractivity (Wildman–Crippen MR) is 64.9 cm³/mol. The van der Waals surface area contributed by atoms with Crippen LogP contribution in [0.4, 0.5) is 4.39 Å². The van der Waals surface area contributed by atoms with Gasteiger partial charge in [0.2, 0.25) is 0 Å². The Labute approximate surface area is 103 Å². The van der Waals surface area contributed by atoms with Crippen molar-refractivity contribution in [2.45, 2.75) is 6.61 Å². The van der Waals surface area contributed by atoms with Crippen molar-refractivity contribution in [1.29, 1.82) is 0 Å². The first-order chi connectivity index (χ1) is 7.74. The summed E-state index contributed by atoms with van der Waals surface area (Å²) >= 11 is 3.02. The summed E-state index contributed by atoms with van der Waals surface area (Å²) in [5.41, 5.74) is 0.854. The van der Waals surface area contributed by atoms with Crippen LogP contribution in [-0.2, 0) is 11.7 Å². The summed E-state index contributed by atoms with van der Waals surface area (Å²) in [7, 11) is 0. The Bertz CT molecular complexity index is 396. The lowest BCUT2D eigenvalue weighted by Gasteiger charge is -1.87. The highest BCUT2D eigenvalue weighted by atomic mass is 79.9. The molecule has 0 atom stereocenters. The third-order valence-corrected chi connectivity index (χ3v) is 2.48. The normalized spacial score (nSPS) is 9.19. The molecule has 0 fully saturated rings. The fourth-order valence-electron chi connectivity index (χ4n) is 1.01. The molecule has 1 radical (unpaired) electrons. The van der Waals surface area contributed by atoms with Crippen LogP contribution in [0.5, 0.6) is 0 Å². The van der Waals surface area contributed by atoms with Gasteiger partial charge in [-0.05, 0) is 33.6 Å². The molecule has 1 nitrogen and oxygen atoms in total. The first-order valence-corrected chi connectivity index (χ1v) is 5.55. The molecule has 0 unspecified atom stereocenters. The molecular formula is C13H11BrFO. The van der Waals surface area contributed by atoms with E-state index in [9.17, 15) is 9.50 Å². The van der Waals surface area contributed by atoms with E-state index in [2.05, 4.69) is 15.9 Å². The monoisotopic (exact) mass is 281 g/mol. The molecule has 0 aromatic heterocycles. The van der Waals surface area contributed by atoms with Crippen molar-refractivity contribution in [2.75, 3.05) is 0 Å². The van der Waals surface area contributed by atoms with E-state index in [1.54, 1.807) is 18.2 Å². The Kier molecular flexibility index (Phi) is 5.75. The Morgan fingerprint density at radius 1 is 0.938 bits per heavy atom. The molecule has 0 spiro atoms. The first-order valence-electron chi connectivity index (χ1n) is 4.76. The van der Waals surface area contributed by atoms with Gasteiger partial charge in [0.15, 0.2) is 0 Å². The van der Waals surface area contributed by atoms with Gasteiger partial charge in [0.25, 0.3) is 0 Å². The van der Waals surface area contributed by atoms with Crippen molar-refractivity contribution < 1.29 is 9.50 Å². The molecule has 0 aliphatic rings. The molecule has 2 aromatic carbocycles. The van der Waals surface area contributed by atoms with Gasteiger partial charge in [-0.25, -0.2) is 9.50 Å². The Balaban J connectivity index is 0.000000160. The molecule has 0 N–H and O–H groups in total. The number of halogens is 2. The van der Waals surface area contributed by atoms with Crippen molar-refractivity contribution in [3.05, 3.63) is 70.5 Å². The van der Waals surface area contributed by atoms with Gasteiger partial charge in [-0.15, -0.1) is 0 Å². The zero-order valence-electron chi connectivity index (χ0n) is 8.57. The van der Waals surface area contributed by atoms with Crippen LogP contribution in [0.1, 0.15) is 5.56 Å². The molecule has 0 heterocycles. The molecule has 0 aliphatic carbocycles. The minimum atomic E-state index is -0.215. The second kappa shape index (κ2) is 7.14. The minimum Gasteiger partial charge on any atom is -0.232 e. The van der Waals surface area contributed by atoms with E-state index >= 15 is 0 Å². The lowest BCUT2D eigenvalue weighted by Crippen LogP contribution is -1.75. The van der Waals surface area contributed by atoms with Crippen LogP contribution in [-0.4, -0.2) is 0 Å². The fraction of sp³-hybridized carbons (Fsp3) is 0.0769. The highest BCUT2D eigenvalue weighted by molar-refractivity contribution is 9.10. The maximum Gasteiger partial charge on any atom is 0.137 e. The minimum absolute atomic E-state index is 0.110. The summed E-state index contributed by atoms with van der Waals surface area (Å²) in [5.74, 6) is -0.215. The van der Waals surface area contributed by atoms with Gasteiger partial charge in [0, 0.05) is 0 Å². The van der Waals surface area contributed by atoms with Crippen LogP contribution in [0.15, 0.2) is 59.1 Å². The smallest absolute Gasteiger partial charge is 0.137 e. The van der Waals surface area contributed by atoms with Crippen LogP contribution in [0, 0.1) is 5.82 Å². The summed E-state index contributed by atoms with van der Waals surface area (Å²) < 4.78 is 12.8. The zero-order chi connectivity index (χ0) is 11.8. The zero-order valence-corrected chi connectivity index (χ0v) is 10.2. The fourth-order valence-corrected chi connectivity index (χ4v) is 1.30. The Morgan fingerprint density at radius 2 is 1.50 bits per heavy atom. The molecule has 83 valence electrons. The third-order valence-electron chi connectivity index (χ3n) is 1.83. The van der Waals surface area contributed by atoms with E-state index in [0.717, 1.165) is 5.56 Å². The SMILES string of the molecule is Fc1ccccc1Br.[O]Cc1ccccc1. The van der Waals surface area contributed by atoms with E-state index in [1.807, 2.05) is 30.3 Å². The molecule has 2 aromatic rings. The summed E-state index contributed by atoms with van der Waals surface area (Å²) in [5, 5.41) is 10.1. The van der Waals surface area contributed by atoms with Gasteiger partial charge in [0.1, 0.15) is 12.4 Å². The van der Waals surface area contributed by atoms with E-state index < -0.39 is 0 Å². The number of hydrogen-bond acceptors (Lipinski definition) is 0. The van der Waals surface area contributed by atoms with Crippen molar-refractivity contribution in [3.63, 3.8) is 0 Å². The summed E-state index contributed by atoms with van der Waals surface area (Å²) in [6.45, 7) is -0.110. The molecule has 16 heavy (non-hydrogen) atoms. The van der Waals surface area contributed by atoms with Gasteiger partial charge in [-0.2, -0.15) is 0 Å². The van der Waals surface area contributed by atoms with E-state index in [1.165, 1.54) is 6.07 Å². The van der Waals surface area contributed by atoms with Gasteiger partial charge in [0.05, 0.1) is 4.47 Å². The number of hydrogen-bond donors (Lipinski definition) is 0. The maximum atomic E-state index is 12.3. The van der Waals surface area contributed by atoms with E-state index in [4.69, 9.17) is 0 Å². The molecule has 0 saturated carbocycles. The molecule has 0 bridgehead atoms. The van der Waals surface area contributed by atoms with E-state index in [0.29, 0.717) is 4.47 Å². The predicted octanol–water partition coefficient (Wildman–Crippen LogP) is 4.21. The molecule has 2 rings (SSSR count). The lowest BCUT2D eigenvalue weighted by molar-refractivity contribution is 0.177. The van der Waals surface area contributed by atoms with Crippen LogP contribution < -0.4 is 0 Å². The lowest BCUT2D eigenvalue weighted by atomic mass is 10.2. The summed E-state index contributed by atoms with van der Waals surface area (Å²) in [6.07, 6.45) is 0. The number of benzene rings is 2. The highest BCUT2D eigenvalue weighted by Crippen LogP contribution is 2.12. The Morgan fingerprint density at radius 3 is 1.88 bits per heavy atom. The van der Waals surface area contributed by atoms with Crippen molar-refractivity contribution in [2.24, 2.45) is 0 Å². The topological polar surface area (TPSA) is 19.9 Å². The van der Waals surface area contributed by atoms with Gasteiger partial charge in [-0.3, -0.25) is 0 Å². The van der Waals surface area contributed by atoms with Crippen LogP contribution in [0.2, 0.25) is 0 Å². The largest absolute Gasteiger partial charge is 0.232 e. The summed E-state index contributed by atoms with van der Waals surface area (Å²) in [6, 6.07) is 15.8. The van der Waals surface area contributed by atoms with Gasteiger partial charge in [-0.1, -0.05) is 42.5 Å². The van der Waals surface area contributed by atoms with Crippen molar-refractivity contribution >= 4 is 15.9 Å². The quantitative estimate of drug-likeness (QED) is 0.747. The van der Waals surface area contributed by atoms with Crippen LogP contribution in [0.3, 0.4) is 0 Å². The van der Waals surface area contributed by atoms with Gasteiger partial charge >= 0.3 is 0 Å². The molecule has 0 amide bonds. The molecular weight excluding hydrogens is 271 g/mol. The second-order valence-electron chi connectivity index (χ2n) is 3.04.